The van der Waals surface area contributed by atoms with Gasteiger partial charge < -0.3 is 20.4 Å². The molecule has 1 aromatic carbocycles. The minimum atomic E-state index is -0.371. The lowest BCUT2D eigenvalue weighted by molar-refractivity contribution is 0.0926. The van der Waals surface area contributed by atoms with Crippen LogP contribution in [-0.2, 0) is 0 Å². The average Bonchev–Trinajstić information content (AvgIpc) is 2.97. The molecule has 1 heterocycles. The Kier molecular flexibility index (Phi) is 5.22. The lowest BCUT2D eigenvalue weighted by Gasteiger charge is -2.08. The minimum Gasteiger partial charge on any atom is -0.459 e. The molecule has 0 bridgehead atoms. The number of carbonyl (C=O) groups is 2. The van der Waals surface area contributed by atoms with Crippen molar-refractivity contribution in [3.8, 4) is 0 Å². The van der Waals surface area contributed by atoms with Crippen LogP contribution >= 0.6 is 11.6 Å². The molecule has 0 aliphatic heterocycles. The molecule has 1 aromatic heterocycles. The Balaban J connectivity index is 1.67. The maximum Gasteiger partial charge on any atom is 0.319 e. The molecule has 0 unspecified atom stereocenters. The first-order valence-electron chi connectivity index (χ1n) is 6.27. The van der Waals surface area contributed by atoms with Gasteiger partial charge >= 0.3 is 6.03 Å². The molecular weight excluding hydrogens is 294 g/mol. The van der Waals surface area contributed by atoms with Gasteiger partial charge in [0, 0.05) is 23.8 Å². The molecule has 0 radical (unpaired) electrons. The van der Waals surface area contributed by atoms with Crippen molar-refractivity contribution in [3.05, 3.63) is 53.4 Å². The number of nitrogens with one attached hydrogen (secondary N) is 3. The van der Waals surface area contributed by atoms with Crippen molar-refractivity contribution >= 4 is 29.2 Å². The summed E-state index contributed by atoms with van der Waals surface area (Å²) in [7, 11) is 0. The SMILES string of the molecule is O=C(NCCNC(=O)c1ccco1)Nc1cccc(Cl)c1. The van der Waals surface area contributed by atoms with Gasteiger partial charge in [0.15, 0.2) is 5.76 Å². The quantitative estimate of drug-likeness (QED) is 0.742. The summed E-state index contributed by atoms with van der Waals surface area (Å²) >= 11 is 5.81. The molecule has 0 atom stereocenters. The first-order chi connectivity index (χ1) is 10.1. The van der Waals surface area contributed by atoms with Gasteiger partial charge in [-0.05, 0) is 30.3 Å². The zero-order chi connectivity index (χ0) is 15.1. The Morgan fingerprint density at radius 2 is 1.90 bits per heavy atom. The number of anilines is 1. The van der Waals surface area contributed by atoms with Crippen LogP contribution in [0.5, 0.6) is 0 Å². The van der Waals surface area contributed by atoms with Gasteiger partial charge in [-0.2, -0.15) is 0 Å². The van der Waals surface area contributed by atoms with E-state index in [0.717, 1.165) is 0 Å². The van der Waals surface area contributed by atoms with E-state index in [9.17, 15) is 9.59 Å². The third-order valence-electron chi connectivity index (χ3n) is 2.52. The van der Waals surface area contributed by atoms with E-state index in [2.05, 4.69) is 16.0 Å². The fourth-order valence-electron chi connectivity index (χ4n) is 1.59. The van der Waals surface area contributed by atoms with Crippen LogP contribution in [0.15, 0.2) is 47.1 Å². The van der Waals surface area contributed by atoms with Crippen LogP contribution in [0.1, 0.15) is 10.6 Å². The zero-order valence-electron chi connectivity index (χ0n) is 11.1. The summed E-state index contributed by atoms with van der Waals surface area (Å²) in [5.74, 6) is -0.0876. The molecule has 110 valence electrons. The Hall–Kier alpha value is -2.47. The number of amides is 3. The van der Waals surface area contributed by atoms with Gasteiger partial charge in [0.1, 0.15) is 0 Å². The van der Waals surface area contributed by atoms with Gasteiger partial charge in [-0.25, -0.2) is 4.79 Å². The van der Waals surface area contributed by atoms with Crippen molar-refractivity contribution < 1.29 is 14.0 Å². The highest BCUT2D eigenvalue weighted by atomic mass is 35.5. The Morgan fingerprint density at radius 1 is 1.10 bits per heavy atom. The molecule has 0 saturated heterocycles. The van der Waals surface area contributed by atoms with E-state index in [1.165, 1.54) is 6.26 Å². The molecule has 2 rings (SSSR count). The fourth-order valence-corrected chi connectivity index (χ4v) is 1.78. The Labute approximate surface area is 126 Å². The smallest absolute Gasteiger partial charge is 0.319 e. The van der Waals surface area contributed by atoms with Crippen LogP contribution < -0.4 is 16.0 Å². The van der Waals surface area contributed by atoms with Crippen molar-refractivity contribution in [2.45, 2.75) is 0 Å². The van der Waals surface area contributed by atoms with Gasteiger partial charge in [0.2, 0.25) is 0 Å². The van der Waals surface area contributed by atoms with Gasteiger partial charge in [-0.1, -0.05) is 17.7 Å². The molecule has 3 N–H and O–H groups in total. The number of urea groups is 1. The summed E-state index contributed by atoms with van der Waals surface area (Å²) in [4.78, 5) is 23.1. The first kappa shape index (κ1) is 14.9. The van der Waals surface area contributed by atoms with Crippen molar-refractivity contribution in [2.75, 3.05) is 18.4 Å². The monoisotopic (exact) mass is 307 g/mol. The molecule has 0 aliphatic carbocycles. The van der Waals surface area contributed by atoms with Gasteiger partial charge in [0.25, 0.3) is 5.91 Å². The number of rotatable bonds is 5. The van der Waals surface area contributed by atoms with Crippen LogP contribution in [-0.4, -0.2) is 25.0 Å². The van der Waals surface area contributed by atoms with Crippen LogP contribution in [0.4, 0.5) is 10.5 Å². The van der Waals surface area contributed by atoms with E-state index in [-0.39, 0.29) is 17.7 Å². The Bertz CT molecular complexity index is 614. The second-order valence-corrected chi connectivity index (χ2v) is 4.56. The van der Waals surface area contributed by atoms with Crippen molar-refractivity contribution in [1.82, 2.24) is 10.6 Å². The van der Waals surface area contributed by atoms with Crippen LogP contribution in [0.3, 0.4) is 0 Å². The van der Waals surface area contributed by atoms with Crippen LogP contribution in [0.2, 0.25) is 5.02 Å². The normalized spacial score (nSPS) is 9.95. The zero-order valence-corrected chi connectivity index (χ0v) is 11.8. The van der Waals surface area contributed by atoms with Crippen LogP contribution in [0, 0.1) is 0 Å². The molecule has 2 aromatic rings. The highest BCUT2D eigenvalue weighted by molar-refractivity contribution is 6.30. The number of hydrogen-bond donors (Lipinski definition) is 3. The molecule has 0 aliphatic rings. The molecule has 3 amide bonds. The molecule has 21 heavy (non-hydrogen) atoms. The minimum absolute atomic E-state index is 0.235. The van der Waals surface area contributed by atoms with E-state index >= 15 is 0 Å². The molecule has 0 spiro atoms. The van der Waals surface area contributed by atoms with Gasteiger partial charge in [-0.3, -0.25) is 4.79 Å². The fraction of sp³-hybridized carbons (Fsp3) is 0.143. The van der Waals surface area contributed by atoms with Crippen LogP contribution in [0.25, 0.3) is 0 Å². The van der Waals surface area contributed by atoms with Gasteiger partial charge in [-0.15, -0.1) is 0 Å². The van der Waals surface area contributed by atoms with E-state index in [1.54, 1.807) is 36.4 Å². The number of furan rings is 1. The number of benzene rings is 1. The van der Waals surface area contributed by atoms with Gasteiger partial charge in [0.05, 0.1) is 6.26 Å². The Morgan fingerprint density at radius 3 is 2.62 bits per heavy atom. The molecule has 0 fully saturated rings. The summed E-state index contributed by atoms with van der Waals surface area (Å²) in [5.41, 5.74) is 0.597. The average molecular weight is 308 g/mol. The second kappa shape index (κ2) is 7.35. The third-order valence-corrected chi connectivity index (χ3v) is 2.76. The largest absolute Gasteiger partial charge is 0.459 e. The summed E-state index contributed by atoms with van der Waals surface area (Å²) in [6.07, 6.45) is 1.42. The van der Waals surface area contributed by atoms with E-state index in [4.69, 9.17) is 16.0 Å². The highest BCUT2D eigenvalue weighted by Crippen LogP contribution is 2.14. The van der Waals surface area contributed by atoms with E-state index in [0.29, 0.717) is 23.8 Å². The molecule has 0 saturated carbocycles. The molecule has 7 heteroatoms. The number of halogens is 1. The number of carbonyl (C=O) groups excluding carboxylic acids is 2. The summed E-state index contributed by atoms with van der Waals surface area (Å²) in [6, 6.07) is 9.64. The maximum absolute atomic E-state index is 11.6. The second-order valence-electron chi connectivity index (χ2n) is 4.12. The topological polar surface area (TPSA) is 83.4 Å². The third kappa shape index (κ3) is 4.85. The molecule has 6 nitrogen and oxygen atoms in total. The summed E-state index contributed by atoms with van der Waals surface area (Å²) < 4.78 is 4.94. The first-order valence-corrected chi connectivity index (χ1v) is 6.65. The standard InChI is InChI=1S/C14H14ClN3O3/c15-10-3-1-4-11(9-10)18-14(20)17-7-6-16-13(19)12-5-2-8-21-12/h1-5,8-9H,6-7H2,(H,16,19)(H2,17,18,20). The van der Waals surface area contributed by atoms with Crippen molar-refractivity contribution in [3.63, 3.8) is 0 Å². The van der Waals surface area contributed by atoms with E-state index in [1.807, 2.05) is 0 Å². The predicted octanol–water partition coefficient (Wildman–Crippen LogP) is 2.48. The van der Waals surface area contributed by atoms with Crippen molar-refractivity contribution in [2.24, 2.45) is 0 Å². The predicted molar refractivity (Wildman–Crippen MR) is 79.5 cm³/mol. The van der Waals surface area contributed by atoms with E-state index < -0.39 is 0 Å². The summed E-state index contributed by atoms with van der Waals surface area (Å²) in [5, 5.41) is 8.40. The highest BCUT2D eigenvalue weighted by Gasteiger charge is 2.07. The van der Waals surface area contributed by atoms with Crippen molar-refractivity contribution in [1.29, 1.82) is 0 Å². The lowest BCUT2D eigenvalue weighted by Crippen LogP contribution is -2.36. The lowest BCUT2D eigenvalue weighted by atomic mass is 10.3. The molecular formula is C14H14ClN3O3. The summed E-state index contributed by atoms with van der Waals surface area (Å²) in [6.45, 7) is 0.585. The maximum atomic E-state index is 11.6. The number of hydrogen-bond acceptors (Lipinski definition) is 3.